The lowest BCUT2D eigenvalue weighted by atomic mass is 10.0. The second kappa shape index (κ2) is 5.52. The van der Waals surface area contributed by atoms with E-state index in [9.17, 15) is 5.11 Å². The van der Waals surface area contributed by atoms with Crippen LogP contribution in [0.15, 0.2) is 12.1 Å². The van der Waals surface area contributed by atoms with Gasteiger partial charge in [0.25, 0.3) is 0 Å². The number of benzene rings is 1. The highest BCUT2D eigenvalue weighted by Gasteiger charge is 2.12. The molecule has 0 aromatic heterocycles. The molecular formula is C14H23NO2. The van der Waals surface area contributed by atoms with Crippen molar-refractivity contribution in [2.24, 2.45) is 0 Å². The van der Waals surface area contributed by atoms with Crippen LogP contribution in [0.1, 0.15) is 30.5 Å². The van der Waals surface area contributed by atoms with Crippen molar-refractivity contribution in [3.05, 3.63) is 28.8 Å². The second-order valence-electron chi connectivity index (χ2n) is 5.16. The van der Waals surface area contributed by atoms with Crippen LogP contribution in [0.4, 0.5) is 0 Å². The molecule has 0 saturated carbocycles. The molecule has 1 aromatic rings. The fourth-order valence-corrected chi connectivity index (χ4v) is 1.76. The topological polar surface area (TPSA) is 41.5 Å². The predicted molar refractivity (Wildman–Crippen MR) is 70.5 cm³/mol. The number of rotatable bonds is 5. The molecule has 2 N–H and O–H groups in total. The molecule has 0 radical (unpaired) electrons. The van der Waals surface area contributed by atoms with Gasteiger partial charge in [0, 0.05) is 13.1 Å². The Hall–Kier alpha value is -1.06. The van der Waals surface area contributed by atoms with Gasteiger partial charge in [0.1, 0.15) is 5.75 Å². The first-order valence-electron chi connectivity index (χ1n) is 5.90. The van der Waals surface area contributed by atoms with Crippen molar-refractivity contribution in [2.45, 2.75) is 39.8 Å². The molecule has 0 fully saturated rings. The first kappa shape index (κ1) is 14.0. The maximum Gasteiger partial charge on any atom is 0.122 e. The van der Waals surface area contributed by atoms with Crippen molar-refractivity contribution in [3.8, 4) is 5.75 Å². The largest absolute Gasteiger partial charge is 0.496 e. The SMILES string of the molecule is COc1cc(C)c(CNCC(C)(C)O)cc1C. The predicted octanol–water partition coefficient (Wildman–Crippen LogP) is 2.17. The van der Waals surface area contributed by atoms with Gasteiger partial charge >= 0.3 is 0 Å². The molecule has 0 amide bonds. The molecule has 17 heavy (non-hydrogen) atoms. The van der Waals surface area contributed by atoms with Gasteiger partial charge in [0.05, 0.1) is 12.7 Å². The third-order valence-electron chi connectivity index (χ3n) is 2.73. The van der Waals surface area contributed by atoms with Crippen LogP contribution in [-0.4, -0.2) is 24.4 Å². The third kappa shape index (κ3) is 4.36. The summed E-state index contributed by atoms with van der Waals surface area (Å²) in [6.45, 7) is 9.05. The maximum absolute atomic E-state index is 9.62. The van der Waals surface area contributed by atoms with Gasteiger partial charge < -0.3 is 15.2 Å². The van der Waals surface area contributed by atoms with E-state index in [1.54, 1.807) is 21.0 Å². The first-order valence-corrected chi connectivity index (χ1v) is 5.90. The first-order chi connectivity index (χ1) is 7.83. The van der Waals surface area contributed by atoms with Gasteiger partial charge in [-0.2, -0.15) is 0 Å². The summed E-state index contributed by atoms with van der Waals surface area (Å²) in [7, 11) is 1.69. The zero-order chi connectivity index (χ0) is 13.1. The van der Waals surface area contributed by atoms with E-state index in [4.69, 9.17) is 4.74 Å². The fraction of sp³-hybridized carbons (Fsp3) is 0.571. The molecule has 0 heterocycles. The molecule has 0 aliphatic heterocycles. The molecule has 1 aromatic carbocycles. The minimum absolute atomic E-state index is 0.581. The standard InChI is InChI=1S/C14H23NO2/c1-10-7-13(17-5)11(2)6-12(10)8-15-9-14(3,4)16/h6-7,15-16H,8-9H2,1-5H3. The molecule has 0 spiro atoms. The van der Waals surface area contributed by atoms with Crippen LogP contribution >= 0.6 is 0 Å². The van der Waals surface area contributed by atoms with Gasteiger partial charge in [-0.1, -0.05) is 6.07 Å². The molecule has 0 aliphatic rings. The van der Waals surface area contributed by atoms with Crippen molar-refractivity contribution in [2.75, 3.05) is 13.7 Å². The molecule has 1 rings (SSSR count). The van der Waals surface area contributed by atoms with Gasteiger partial charge in [-0.05, 0) is 50.5 Å². The number of ether oxygens (including phenoxy) is 1. The Morgan fingerprint density at radius 2 is 1.88 bits per heavy atom. The zero-order valence-electron chi connectivity index (χ0n) is 11.4. The van der Waals surface area contributed by atoms with Crippen LogP contribution in [0.25, 0.3) is 0 Å². The lowest BCUT2D eigenvalue weighted by Crippen LogP contribution is -2.34. The lowest BCUT2D eigenvalue weighted by molar-refractivity contribution is 0.0795. The van der Waals surface area contributed by atoms with Crippen LogP contribution < -0.4 is 10.1 Å². The van der Waals surface area contributed by atoms with E-state index in [1.165, 1.54) is 11.1 Å². The van der Waals surface area contributed by atoms with E-state index in [2.05, 4.69) is 24.4 Å². The van der Waals surface area contributed by atoms with Crippen LogP contribution in [0, 0.1) is 13.8 Å². The minimum atomic E-state index is -0.671. The molecule has 0 bridgehead atoms. The van der Waals surface area contributed by atoms with E-state index in [-0.39, 0.29) is 0 Å². The van der Waals surface area contributed by atoms with Gasteiger partial charge in [-0.15, -0.1) is 0 Å². The molecule has 96 valence electrons. The van der Waals surface area contributed by atoms with Crippen molar-refractivity contribution < 1.29 is 9.84 Å². The third-order valence-corrected chi connectivity index (χ3v) is 2.73. The maximum atomic E-state index is 9.62. The number of aliphatic hydroxyl groups is 1. The van der Waals surface area contributed by atoms with Gasteiger partial charge in [0.2, 0.25) is 0 Å². The van der Waals surface area contributed by atoms with Crippen LogP contribution in [-0.2, 0) is 6.54 Å². The fourth-order valence-electron chi connectivity index (χ4n) is 1.76. The highest BCUT2D eigenvalue weighted by molar-refractivity contribution is 5.41. The summed E-state index contributed by atoms with van der Waals surface area (Å²) in [6.07, 6.45) is 0. The highest BCUT2D eigenvalue weighted by atomic mass is 16.5. The number of aryl methyl sites for hydroxylation is 2. The summed E-state index contributed by atoms with van der Waals surface area (Å²) in [5.41, 5.74) is 2.91. The Balaban J connectivity index is 2.69. The average molecular weight is 237 g/mol. The van der Waals surface area contributed by atoms with Gasteiger partial charge in [0.15, 0.2) is 0 Å². The molecule has 3 heteroatoms. The minimum Gasteiger partial charge on any atom is -0.496 e. The number of hydrogen-bond donors (Lipinski definition) is 2. The Labute approximate surface area is 104 Å². The van der Waals surface area contributed by atoms with Crippen molar-refractivity contribution >= 4 is 0 Å². The van der Waals surface area contributed by atoms with E-state index in [1.807, 2.05) is 6.92 Å². The van der Waals surface area contributed by atoms with Crippen LogP contribution in [0.5, 0.6) is 5.75 Å². The summed E-state index contributed by atoms with van der Waals surface area (Å²) in [5, 5.41) is 12.9. The molecule has 3 nitrogen and oxygen atoms in total. The Morgan fingerprint density at radius 1 is 1.24 bits per heavy atom. The van der Waals surface area contributed by atoms with E-state index in [0.29, 0.717) is 6.54 Å². The quantitative estimate of drug-likeness (QED) is 0.824. The average Bonchev–Trinajstić information content (AvgIpc) is 2.20. The van der Waals surface area contributed by atoms with Crippen LogP contribution in [0.2, 0.25) is 0 Å². The Morgan fingerprint density at radius 3 is 2.41 bits per heavy atom. The smallest absolute Gasteiger partial charge is 0.122 e. The summed E-state index contributed by atoms with van der Waals surface area (Å²) in [5.74, 6) is 0.925. The molecule has 0 unspecified atom stereocenters. The molecular weight excluding hydrogens is 214 g/mol. The molecule has 0 atom stereocenters. The van der Waals surface area contributed by atoms with Crippen molar-refractivity contribution in [1.29, 1.82) is 0 Å². The van der Waals surface area contributed by atoms with Crippen LogP contribution in [0.3, 0.4) is 0 Å². The zero-order valence-corrected chi connectivity index (χ0v) is 11.4. The van der Waals surface area contributed by atoms with Crippen molar-refractivity contribution in [1.82, 2.24) is 5.32 Å². The number of nitrogens with one attached hydrogen (secondary N) is 1. The van der Waals surface area contributed by atoms with Crippen molar-refractivity contribution in [3.63, 3.8) is 0 Å². The normalized spacial score (nSPS) is 11.6. The molecule has 0 aliphatic carbocycles. The highest BCUT2D eigenvalue weighted by Crippen LogP contribution is 2.22. The van der Waals surface area contributed by atoms with Gasteiger partial charge in [-0.25, -0.2) is 0 Å². The lowest BCUT2D eigenvalue weighted by Gasteiger charge is -2.18. The summed E-state index contributed by atoms with van der Waals surface area (Å²) < 4.78 is 5.28. The second-order valence-corrected chi connectivity index (χ2v) is 5.16. The van der Waals surface area contributed by atoms with E-state index < -0.39 is 5.60 Å². The monoisotopic (exact) mass is 237 g/mol. The van der Waals surface area contributed by atoms with E-state index >= 15 is 0 Å². The Bertz CT molecular complexity index is 381. The Kier molecular flexibility index (Phi) is 4.54. The number of methoxy groups -OCH3 is 1. The summed E-state index contributed by atoms with van der Waals surface area (Å²) >= 11 is 0. The summed E-state index contributed by atoms with van der Waals surface area (Å²) in [4.78, 5) is 0. The molecule has 0 saturated heterocycles. The number of hydrogen-bond acceptors (Lipinski definition) is 3. The van der Waals surface area contributed by atoms with Gasteiger partial charge in [-0.3, -0.25) is 0 Å². The summed E-state index contributed by atoms with van der Waals surface area (Å²) in [6, 6.07) is 4.18. The van der Waals surface area contributed by atoms with E-state index in [0.717, 1.165) is 17.9 Å².